The highest BCUT2D eigenvalue weighted by Crippen LogP contribution is 2.37. The quantitative estimate of drug-likeness (QED) is 0.815. The third kappa shape index (κ3) is 2.13. The maximum absolute atomic E-state index is 12.7. The molecule has 1 aliphatic carbocycles. The first-order chi connectivity index (χ1) is 8.41. The summed E-state index contributed by atoms with van der Waals surface area (Å²) in [7, 11) is 0. The van der Waals surface area contributed by atoms with Gasteiger partial charge in [-0.25, -0.2) is 0 Å². The Balaban J connectivity index is 2.29. The summed E-state index contributed by atoms with van der Waals surface area (Å²) >= 11 is 0. The van der Waals surface area contributed by atoms with E-state index in [-0.39, 0.29) is 17.4 Å². The third-order valence-electron chi connectivity index (χ3n) is 4.73. The fourth-order valence-corrected chi connectivity index (χ4v) is 3.20. The Hall–Kier alpha value is -1.06. The molecule has 18 heavy (non-hydrogen) atoms. The average molecular weight is 252 g/mol. The predicted octanol–water partition coefficient (Wildman–Crippen LogP) is 1.84. The van der Waals surface area contributed by atoms with Crippen LogP contribution in [0.2, 0.25) is 0 Å². The van der Waals surface area contributed by atoms with Crippen molar-refractivity contribution in [2.45, 2.75) is 70.4 Å². The molecule has 1 saturated carbocycles. The second kappa shape index (κ2) is 4.56. The van der Waals surface area contributed by atoms with Gasteiger partial charge in [0.05, 0.1) is 0 Å². The molecule has 1 atom stereocenters. The Kier molecular flexibility index (Phi) is 3.39. The van der Waals surface area contributed by atoms with Gasteiger partial charge in [-0.2, -0.15) is 0 Å². The Labute approximate surface area is 109 Å². The molecule has 1 heterocycles. The van der Waals surface area contributed by atoms with Crippen LogP contribution in [0.4, 0.5) is 0 Å². The molecule has 0 aromatic heterocycles. The van der Waals surface area contributed by atoms with Crippen molar-refractivity contribution in [2.75, 3.05) is 6.54 Å². The highest BCUT2D eigenvalue weighted by Gasteiger charge is 2.46. The minimum atomic E-state index is -0.723. The summed E-state index contributed by atoms with van der Waals surface area (Å²) in [5.74, 6) is 0.0945. The van der Waals surface area contributed by atoms with Crippen molar-refractivity contribution in [3.8, 4) is 0 Å². The molecule has 0 bridgehead atoms. The van der Waals surface area contributed by atoms with Gasteiger partial charge in [0, 0.05) is 18.5 Å². The third-order valence-corrected chi connectivity index (χ3v) is 4.73. The van der Waals surface area contributed by atoms with Crippen LogP contribution in [0.1, 0.15) is 59.3 Å². The number of hydrogen-bond acceptors (Lipinski definition) is 2. The second-order valence-electron chi connectivity index (χ2n) is 6.14. The molecule has 1 unspecified atom stereocenters. The molecule has 0 aromatic rings. The zero-order valence-corrected chi connectivity index (χ0v) is 11.7. The Morgan fingerprint density at radius 1 is 1.22 bits per heavy atom. The lowest BCUT2D eigenvalue weighted by molar-refractivity contribution is -0.143. The summed E-state index contributed by atoms with van der Waals surface area (Å²) in [6, 6.07) is 0. The van der Waals surface area contributed by atoms with Crippen LogP contribution in [0, 0.1) is 0 Å². The number of carbonyl (C=O) groups excluding carboxylic acids is 2. The fraction of sp³-hybridized carbons (Fsp3) is 0.857. The molecule has 1 aliphatic heterocycles. The van der Waals surface area contributed by atoms with Crippen molar-refractivity contribution in [1.82, 2.24) is 10.2 Å². The largest absolute Gasteiger partial charge is 0.342 e. The predicted molar refractivity (Wildman–Crippen MR) is 70.0 cm³/mol. The molecule has 1 N–H and O–H groups in total. The van der Waals surface area contributed by atoms with Gasteiger partial charge < -0.3 is 10.2 Å². The number of nitrogens with one attached hydrogen (secondary N) is 1. The van der Waals surface area contributed by atoms with Crippen molar-refractivity contribution >= 4 is 11.8 Å². The zero-order chi connectivity index (χ0) is 13.4. The lowest BCUT2D eigenvalue weighted by Gasteiger charge is -2.41. The van der Waals surface area contributed by atoms with Crippen LogP contribution in [0.3, 0.4) is 0 Å². The van der Waals surface area contributed by atoms with Gasteiger partial charge >= 0.3 is 0 Å². The monoisotopic (exact) mass is 252 g/mol. The highest BCUT2D eigenvalue weighted by atomic mass is 16.2. The first-order valence-electron chi connectivity index (χ1n) is 7.04. The van der Waals surface area contributed by atoms with E-state index in [1.54, 1.807) is 0 Å². The van der Waals surface area contributed by atoms with Gasteiger partial charge in [0.1, 0.15) is 5.54 Å². The first kappa shape index (κ1) is 13.4. The average Bonchev–Trinajstić information content (AvgIpc) is 2.71. The summed E-state index contributed by atoms with van der Waals surface area (Å²) in [4.78, 5) is 26.5. The van der Waals surface area contributed by atoms with Crippen LogP contribution < -0.4 is 5.32 Å². The van der Waals surface area contributed by atoms with Crippen molar-refractivity contribution < 1.29 is 9.59 Å². The molecule has 4 heteroatoms. The SMILES string of the molecule is CCC1(C)NC(=O)CCN(C2(C)CCCC2)C1=O. The minimum absolute atomic E-state index is 0.00297. The number of rotatable bonds is 2. The molecule has 2 amide bonds. The number of amides is 2. The molecule has 0 aromatic carbocycles. The fourth-order valence-electron chi connectivity index (χ4n) is 3.20. The lowest BCUT2D eigenvalue weighted by Crippen LogP contribution is -2.59. The normalized spacial score (nSPS) is 32.3. The number of hydrogen-bond donors (Lipinski definition) is 1. The molecule has 2 aliphatic rings. The van der Waals surface area contributed by atoms with Gasteiger partial charge in [-0.1, -0.05) is 19.8 Å². The summed E-state index contributed by atoms with van der Waals surface area (Å²) in [6.07, 6.45) is 5.56. The van der Waals surface area contributed by atoms with Crippen LogP contribution in [0.25, 0.3) is 0 Å². The van der Waals surface area contributed by atoms with Crippen LogP contribution in [0.5, 0.6) is 0 Å². The number of nitrogens with zero attached hydrogens (tertiary/aromatic N) is 1. The Morgan fingerprint density at radius 2 is 1.83 bits per heavy atom. The standard InChI is InChI=1S/C14H24N2O2/c1-4-14(3)12(18)16(10-7-11(17)15-14)13(2)8-5-6-9-13/h4-10H2,1-3H3,(H,15,17). The van der Waals surface area contributed by atoms with E-state index in [2.05, 4.69) is 12.2 Å². The summed E-state index contributed by atoms with van der Waals surface area (Å²) in [6.45, 7) is 6.54. The van der Waals surface area contributed by atoms with Crippen molar-refractivity contribution in [1.29, 1.82) is 0 Å². The van der Waals surface area contributed by atoms with Gasteiger partial charge in [-0.3, -0.25) is 9.59 Å². The van der Waals surface area contributed by atoms with Crippen LogP contribution >= 0.6 is 0 Å². The maximum Gasteiger partial charge on any atom is 0.248 e. The minimum Gasteiger partial charge on any atom is -0.342 e. The van der Waals surface area contributed by atoms with Crippen LogP contribution in [0.15, 0.2) is 0 Å². The topological polar surface area (TPSA) is 49.4 Å². The van der Waals surface area contributed by atoms with Gasteiger partial charge in [0.15, 0.2) is 0 Å². The second-order valence-corrected chi connectivity index (χ2v) is 6.14. The summed E-state index contributed by atoms with van der Waals surface area (Å²) < 4.78 is 0. The molecule has 4 nitrogen and oxygen atoms in total. The van der Waals surface area contributed by atoms with E-state index in [4.69, 9.17) is 0 Å². The zero-order valence-electron chi connectivity index (χ0n) is 11.7. The Morgan fingerprint density at radius 3 is 2.39 bits per heavy atom. The Bertz CT molecular complexity index is 361. The van der Waals surface area contributed by atoms with E-state index in [0.717, 1.165) is 12.8 Å². The lowest BCUT2D eigenvalue weighted by atomic mass is 9.91. The molecule has 2 rings (SSSR count). The highest BCUT2D eigenvalue weighted by molar-refractivity contribution is 5.93. The number of carbonyl (C=O) groups is 2. The summed E-state index contributed by atoms with van der Waals surface area (Å²) in [5, 5.41) is 2.90. The molecular weight excluding hydrogens is 228 g/mol. The van der Waals surface area contributed by atoms with Crippen LogP contribution in [-0.2, 0) is 9.59 Å². The van der Waals surface area contributed by atoms with Crippen molar-refractivity contribution in [3.63, 3.8) is 0 Å². The van der Waals surface area contributed by atoms with Crippen molar-refractivity contribution in [2.24, 2.45) is 0 Å². The smallest absolute Gasteiger partial charge is 0.248 e. The van der Waals surface area contributed by atoms with E-state index in [1.165, 1.54) is 12.8 Å². The first-order valence-corrected chi connectivity index (χ1v) is 7.04. The van der Waals surface area contributed by atoms with E-state index < -0.39 is 5.54 Å². The van der Waals surface area contributed by atoms with E-state index in [0.29, 0.717) is 19.4 Å². The molecule has 1 saturated heterocycles. The maximum atomic E-state index is 12.7. The van der Waals surface area contributed by atoms with E-state index in [1.807, 2.05) is 18.7 Å². The van der Waals surface area contributed by atoms with E-state index in [9.17, 15) is 9.59 Å². The van der Waals surface area contributed by atoms with Crippen LogP contribution in [-0.4, -0.2) is 34.3 Å². The van der Waals surface area contributed by atoms with Gasteiger partial charge in [0.25, 0.3) is 0 Å². The van der Waals surface area contributed by atoms with Gasteiger partial charge in [0.2, 0.25) is 11.8 Å². The molecule has 0 spiro atoms. The molecule has 102 valence electrons. The van der Waals surface area contributed by atoms with E-state index >= 15 is 0 Å². The van der Waals surface area contributed by atoms with Crippen molar-refractivity contribution in [3.05, 3.63) is 0 Å². The molecular formula is C14H24N2O2. The van der Waals surface area contributed by atoms with Gasteiger partial charge in [-0.15, -0.1) is 0 Å². The molecule has 0 radical (unpaired) electrons. The summed E-state index contributed by atoms with van der Waals surface area (Å²) in [5.41, 5.74) is -0.765. The van der Waals surface area contributed by atoms with Gasteiger partial charge in [-0.05, 0) is 33.1 Å². The molecule has 2 fully saturated rings.